The van der Waals surface area contributed by atoms with Crippen LogP contribution in [0.15, 0.2) is 18.2 Å². The third-order valence-corrected chi connectivity index (χ3v) is 2.27. The van der Waals surface area contributed by atoms with Gasteiger partial charge in [-0.3, -0.25) is 4.79 Å². The molecule has 0 saturated carbocycles. The lowest BCUT2D eigenvalue weighted by Crippen LogP contribution is -2.10. The maximum atomic E-state index is 11.6. The number of hydrogen-bond donors (Lipinski definition) is 0. The second kappa shape index (κ2) is 5.24. The van der Waals surface area contributed by atoms with E-state index >= 15 is 0 Å². The largest absolute Gasteiger partial charge is 0.497 e. The summed E-state index contributed by atoms with van der Waals surface area (Å²) < 4.78 is 10.0. The number of alkyl halides is 2. The van der Waals surface area contributed by atoms with E-state index in [1.807, 2.05) is 0 Å². The Balaban J connectivity index is 3.17. The number of hydrogen-bond acceptors (Lipinski definition) is 3. The smallest absolute Gasteiger partial charge is 0.199 e. The van der Waals surface area contributed by atoms with Crippen LogP contribution >= 0.6 is 23.2 Å². The van der Waals surface area contributed by atoms with Crippen molar-refractivity contribution in [3.63, 3.8) is 0 Å². The van der Waals surface area contributed by atoms with Crippen LogP contribution in [0.1, 0.15) is 10.4 Å². The first-order valence-corrected chi connectivity index (χ1v) is 5.01. The second-order valence-electron chi connectivity index (χ2n) is 2.73. The number of benzene rings is 1. The molecule has 0 aliphatic heterocycles. The van der Waals surface area contributed by atoms with Crippen molar-refractivity contribution in [3.8, 4) is 11.5 Å². The molecule has 0 radical (unpaired) electrons. The highest BCUT2D eigenvalue weighted by Gasteiger charge is 2.19. The van der Waals surface area contributed by atoms with Crippen LogP contribution in [-0.4, -0.2) is 24.8 Å². The van der Waals surface area contributed by atoms with Crippen LogP contribution in [0.3, 0.4) is 0 Å². The van der Waals surface area contributed by atoms with Gasteiger partial charge < -0.3 is 9.47 Å². The molecule has 0 heterocycles. The van der Waals surface area contributed by atoms with Crippen molar-refractivity contribution < 1.29 is 14.3 Å². The summed E-state index contributed by atoms with van der Waals surface area (Å²) in [5.41, 5.74) is 0.312. The summed E-state index contributed by atoms with van der Waals surface area (Å²) in [6.45, 7) is 0. The third kappa shape index (κ3) is 2.76. The Morgan fingerprint density at radius 3 is 2.40 bits per heavy atom. The third-order valence-electron chi connectivity index (χ3n) is 1.87. The molecule has 0 aromatic heterocycles. The summed E-state index contributed by atoms with van der Waals surface area (Å²) in [5.74, 6) is 0.564. The minimum Gasteiger partial charge on any atom is -0.497 e. The van der Waals surface area contributed by atoms with Gasteiger partial charge in [0.05, 0.1) is 19.8 Å². The molecule has 0 aliphatic carbocycles. The number of methoxy groups -OCH3 is 2. The van der Waals surface area contributed by atoms with E-state index < -0.39 is 10.6 Å². The van der Waals surface area contributed by atoms with Crippen LogP contribution in [0.5, 0.6) is 11.5 Å². The van der Waals surface area contributed by atoms with Gasteiger partial charge in [0.2, 0.25) is 0 Å². The summed E-state index contributed by atoms with van der Waals surface area (Å²) in [6, 6.07) is 4.86. The molecule has 0 unspecified atom stereocenters. The molecular weight excluding hydrogens is 239 g/mol. The van der Waals surface area contributed by atoms with E-state index in [4.69, 9.17) is 32.7 Å². The lowest BCUT2D eigenvalue weighted by Gasteiger charge is -2.09. The van der Waals surface area contributed by atoms with E-state index in [0.717, 1.165) is 0 Å². The molecule has 1 aromatic rings. The number of ether oxygens (including phenoxy) is 2. The highest BCUT2D eigenvalue weighted by molar-refractivity contribution is 6.55. The average molecular weight is 249 g/mol. The zero-order valence-electron chi connectivity index (χ0n) is 8.29. The molecule has 1 aromatic carbocycles. The molecule has 1 rings (SSSR count). The topological polar surface area (TPSA) is 35.5 Å². The number of ketones is 1. The van der Waals surface area contributed by atoms with Gasteiger partial charge in [0.1, 0.15) is 11.5 Å². The molecule has 0 amide bonds. The number of rotatable bonds is 4. The minimum absolute atomic E-state index is 0.312. The van der Waals surface area contributed by atoms with Crippen LogP contribution in [0.2, 0.25) is 0 Å². The lowest BCUT2D eigenvalue weighted by molar-refractivity contribution is 0.100. The highest BCUT2D eigenvalue weighted by atomic mass is 35.5. The number of Topliss-reactive ketones (excluding diaryl/α,β-unsaturated/α-hetero) is 1. The van der Waals surface area contributed by atoms with Gasteiger partial charge in [-0.05, 0) is 18.2 Å². The normalized spacial score (nSPS) is 10.2. The van der Waals surface area contributed by atoms with Crippen molar-refractivity contribution in [1.29, 1.82) is 0 Å². The van der Waals surface area contributed by atoms with Crippen LogP contribution in [0, 0.1) is 0 Å². The van der Waals surface area contributed by atoms with E-state index in [9.17, 15) is 4.79 Å². The van der Waals surface area contributed by atoms with E-state index in [2.05, 4.69) is 0 Å². The van der Waals surface area contributed by atoms with Crippen LogP contribution in [0.4, 0.5) is 0 Å². The van der Waals surface area contributed by atoms with Gasteiger partial charge in [-0.15, -0.1) is 0 Å². The fourth-order valence-electron chi connectivity index (χ4n) is 1.12. The van der Waals surface area contributed by atoms with Gasteiger partial charge in [0, 0.05) is 0 Å². The SMILES string of the molecule is COc1ccc(OC)c(C(=O)C(Cl)Cl)c1. The first kappa shape index (κ1) is 12.1. The lowest BCUT2D eigenvalue weighted by atomic mass is 10.1. The Bertz CT molecular complexity index is 364. The predicted molar refractivity (Wildman–Crippen MR) is 59.4 cm³/mol. The van der Waals surface area contributed by atoms with Gasteiger partial charge in [0.25, 0.3) is 0 Å². The van der Waals surface area contributed by atoms with Gasteiger partial charge in [-0.2, -0.15) is 0 Å². The van der Waals surface area contributed by atoms with Gasteiger partial charge in [-0.1, -0.05) is 23.2 Å². The van der Waals surface area contributed by atoms with E-state index in [1.54, 1.807) is 18.2 Å². The standard InChI is InChI=1S/C10H10Cl2O3/c1-14-6-3-4-8(15-2)7(5-6)9(13)10(11)12/h3-5,10H,1-2H3. The maximum Gasteiger partial charge on any atom is 0.199 e. The fraction of sp³-hybridized carbons (Fsp3) is 0.300. The van der Waals surface area contributed by atoms with Crippen molar-refractivity contribution in [2.24, 2.45) is 0 Å². The molecule has 0 spiro atoms. The maximum absolute atomic E-state index is 11.6. The Hall–Kier alpha value is -0.930. The van der Waals surface area contributed by atoms with Crippen LogP contribution < -0.4 is 9.47 Å². The number of carbonyl (C=O) groups is 1. The van der Waals surface area contributed by atoms with Crippen molar-refractivity contribution in [3.05, 3.63) is 23.8 Å². The average Bonchev–Trinajstić information content (AvgIpc) is 2.27. The summed E-state index contributed by atoms with van der Waals surface area (Å²) in [5, 5.41) is 0. The van der Waals surface area contributed by atoms with Crippen LogP contribution in [0.25, 0.3) is 0 Å². The molecule has 0 N–H and O–H groups in total. The summed E-state index contributed by atoms with van der Waals surface area (Å²) in [6.07, 6.45) is 0. The van der Waals surface area contributed by atoms with E-state index in [1.165, 1.54) is 14.2 Å². The zero-order chi connectivity index (χ0) is 11.4. The Morgan fingerprint density at radius 1 is 1.27 bits per heavy atom. The molecule has 0 aliphatic rings. The molecule has 0 saturated heterocycles. The van der Waals surface area contributed by atoms with E-state index in [-0.39, 0.29) is 0 Å². The van der Waals surface area contributed by atoms with Crippen molar-refractivity contribution in [2.75, 3.05) is 14.2 Å². The van der Waals surface area contributed by atoms with Gasteiger partial charge >= 0.3 is 0 Å². The summed E-state index contributed by atoms with van der Waals surface area (Å²) >= 11 is 11.0. The molecule has 0 fully saturated rings. The first-order valence-electron chi connectivity index (χ1n) is 4.14. The molecular formula is C10H10Cl2O3. The second-order valence-corrected chi connectivity index (χ2v) is 3.83. The fourth-order valence-corrected chi connectivity index (χ4v) is 1.36. The highest BCUT2D eigenvalue weighted by Crippen LogP contribution is 2.26. The quantitative estimate of drug-likeness (QED) is 0.607. The summed E-state index contributed by atoms with van der Waals surface area (Å²) in [7, 11) is 2.98. The molecule has 82 valence electrons. The Kier molecular flexibility index (Phi) is 4.24. The number of carbonyl (C=O) groups excluding carboxylic acids is 1. The molecule has 0 bridgehead atoms. The Morgan fingerprint density at radius 2 is 1.93 bits per heavy atom. The first-order chi connectivity index (χ1) is 7.10. The number of halogens is 2. The van der Waals surface area contributed by atoms with Crippen molar-refractivity contribution >= 4 is 29.0 Å². The van der Waals surface area contributed by atoms with E-state index in [0.29, 0.717) is 17.1 Å². The van der Waals surface area contributed by atoms with Gasteiger partial charge in [-0.25, -0.2) is 0 Å². The minimum atomic E-state index is -1.11. The van der Waals surface area contributed by atoms with Crippen molar-refractivity contribution in [2.45, 2.75) is 4.84 Å². The molecule has 0 atom stereocenters. The predicted octanol–water partition coefficient (Wildman–Crippen LogP) is 2.69. The summed E-state index contributed by atoms with van der Waals surface area (Å²) in [4.78, 5) is 10.5. The van der Waals surface area contributed by atoms with Crippen molar-refractivity contribution in [1.82, 2.24) is 0 Å². The Labute approximate surface area is 97.9 Å². The zero-order valence-corrected chi connectivity index (χ0v) is 9.80. The van der Waals surface area contributed by atoms with Gasteiger partial charge in [0.15, 0.2) is 10.6 Å². The molecule has 15 heavy (non-hydrogen) atoms. The monoisotopic (exact) mass is 248 g/mol. The van der Waals surface area contributed by atoms with Crippen LogP contribution in [-0.2, 0) is 0 Å². The molecule has 5 heteroatoms. The molecule has 3 nitrogen and oxygen atoms in total.